The minimum absolute atomic E-state index is 0.0622. The molecule has 1 aromatic carbocycles. The van der Waals surface area contributed by atoms with Crippen molar-refractivity contribution < 1.29 is 9.90 Å². The van der Waals surface area contributed by atoms with Gasteiger partial charge in [-0.1, -0.05) is 30.4 Å². The highest BCUT2D eigenvalue weighted by Gasteiger charge is 2.43. The second-order valence-corrected chi connectivity index (χ2v) is 6.09. The largest absolute Gasteiger partial charge is 0.395 e. The van der Waals surface area contributed by atoms with Gasteiger partial charge in [-0.15, -0.1) is 0 Å². The van der Waals surface area contributed by atoms with Gasteiger partial charge in [-0.05, 0) is 43.2 Å². The van der Waals surface area contributed by atoms with Crippen molar-refractivity contribution in [2.75, 3.05) is 11.9 Å². The number of para-hydroxylation sites is 1. The fourth-order valence-corrected chi connectivity index (χ4v) is 3.71. The van der Waals surface area contributed by atoms with Crippen molar-refractivity contribution in [2.24, 2.45) is 17.8 Å². The highest BCUT2D eigenvalue weighted by atomic mass is 16.2. The summed E-state index contributed by atoms with van der Waals surface area (Å²) in [4.78, 5) is 12.5. The first kappa shape index (κ1) is 14.2. The Balaban J connectivity index is 1.70. The normalized spacial score (nSPS) is 26.2. The van der Waals surface area contributed by atoms with Crippen LogP contribution in [0.15, 0.2) is 24.3 Å². The van der Waals surface area contributed by atoms with E-state index in [1.54, 1.807) is 0 Å². The minimum Gasteiger partial charge on any atom is -0.395 e. The smallest absolute Gasteiger partial charge is 0.227 e. The Kier molecular flexibility index (Phi) is 4.26. The molecule has 0 aromatic heterocycles. The molecule has 2 aliphatic carbocycles. The lowest BCUT2D eigenvalue weighted by Crippen LogP contribution is -2.27. The molecule has 1 amide bonds. The van der Waals surface area contributed by atoms with Gasteiger partial charge in [0.05, 0.1) is 12.3 Å². The summed E-state index contributed by atoms with van der Waals surface area (Å²) >= 11 is 0. The van der Waals surface area contributed by atoms with E-state index >= 15 is 0 Å². The van der Waals surface area contributed by atoms with Gasteiger partial charge in [-0.3, -0.25) is 4.79 Å². The van der Waals surface area contributed by atoms with E-state index in [0.29, 0.717) is 12.3 Å². The van der Waals surface area contributed by atoms with E-state index < -0.39 is 0 Å². The molecule has 3 unspecified atom stereocenters. The van der Waals surface area contributed by atoms with Crippen molar-refractivity contribution in [3.63, 3.8) is 0 Å². The van der Waals surface area contributed by atoms with Crippen molar-refractivity contribution >= 4 is 11.6 Å². The standard InChI is InChI=1S/C18H21NO2/c20-10-4-3-6-14-5-1-2-7-17(14)19-18(21)16-12-13-8-9-15(16)11-13/h1-2,5,7,13,15-16,20H,4,8-12H2,(H,19,21). The molecule has 3 rings (SSSR count). The highest BCUT2D eigenvalue weighted by molar-refractivity contribution is 5.94. The Labute approximate surface area is 125 Å². The average Bonchev–Trinajstić information content (AvgIpc) is 3.12. The number of fused-ring (bicyclic) bond motifs is 2. The number of benzene rings is 1. The van der Waals surface area contributed by atoms with Gasteiger partial charge in [-0.25, -0.2) is 0 Å². The van der Waals surface area contributed by atoms with Gasteiger partial charge in [0.25, 0.3) is 0 Å². The van der Waals surface area contributed by atoms with Gasteiger partial charge in [0, 0.05) is 17.9 Å². The van der Waals surface area contributed by atoms with Gasteiger partial charge in [0.15, 0.2) is 0 Å². The third-order valence-electron chi connectivity index (χ3n) is 4.72. The van der Waals surface area contributed by atoms with Gasteiger partial charge >= 0.3 is 0 Å². The van der Waals surface area contributed by atoms with E-state index in [9.17, 15) is 4.79 Å². The molecular weight excluding hydrogens is 262 g/mol. The molecule has 3 nitrogen and oxygen atoms in total. The molecule has 0 saturated heterocycles. The van der Waals surface area contributed by atoms with Crippen LogP contribution >= 0.6 is 0 Å². The summed E-state index contributed by atoms with van der Waals surface area (Å²) in [5.41, 5.74) is 1.61. The van der Waals surface area contributed by atoms with Crippen LogP contribution in [0.5, 0.6) is 0 Å². The number of hydrogen-bond acceptors (Lipinski definition) is 2. The van der Waals surface area contributed by atoms with E-state index in [0.717, 1.165) is 23.6 Å². The van der Waals surface area contributed by atoms with Gasteiger partial charge in [-0.2, -0.15) is 0 Å². The Bertz CT molecular complexity index is 584. The van der Waals surface area contributed by atoms with Crippen LogP contribution in [0.3, 0.4) is 0 Å². The van der Waals surface area contributed by atoms with Crippen LogP contribution in [-0.2, 0) is 4.79 Å². The number of rotatable bonds is 3. The highest BCUT2D eigenvalue weighted by Crippen LogP contribution is 2.48. The molecule has 2 bridgehead atoms. The number of nitrogens with one attached hydrogen (secondary N) is 1. The van der Waals surface area contributed by atoms with E-state index in [4.69, 9.17) is 5.11 Å². The third kappa shape index (κ3) is 3.11. The molecule has 2 fully saturated rings. The SMILES string of the molecule is O=C(Nc1ccccc1C#CCCO)C1CC2CCC1C2. The molecule has 3 heteroatoms. The zero-order chi connectivity index (χ0) is 14.7. The molecule has 2 aliphatic rings. The van der Waals surface area contributed by atoms with Crippen molar-refractivity contribution in [1.29, 1.82) is 0 Å². The molecule has 3 atom stereocenters. The van der Waals surface area contributed by atoms with Crippen LogP contribution < -0.4 is 5.32 Å². The summed E-state index contributed by atoms with van der Waals surface area (Å²) in [6.07, 6.45) is 5.25. The molecule has 0 spiro atoms. The second-order valence-electron chi connectivity index (χ2n) is 6.09. The second kappa shape index (κ2) is 6.32. The minimum atomic E-state index is 0.0622. The first-order chi connectivity index (χ1) is 10.3. The topological polar surface area (TPSA) is 49.3 Å². The lowest BCUT2D eigenvalue weighted by atomic mass is 9.88. The number of anilines is 1. The van der Waals surface area contributed by atoms with Crippen molar-refractivity contribution in [1.82, 2.24) is 0 Å². The van der Waals surface area contributed by atoms with Gasteiger partial charge in [0.1, 0.15) is 0 Å². The van der Waals surface area contributed by atoms with E-state index in [1.807, 2.05) is 24.3 Å². The molecule has 2 N–H and O–H groups in total. The van der Waals surface area contributed by atoms with Crippen LogP contribution in [-0.4, -0.2) is 17.6 Å². The van der Waals surface area contributed by atoms with Crippen LogP contribution in [0.2, 0.25) is 0 Å². The summed E-state index contributed by atoms with van der Waals surface area (Å²) in [6.45, 7) is 0.0622. The maximum Gasteiger partial charge on any atom is 0.227 e. The predicted molar refractivity (Wildman–Crippen MR) is 82.6 cm³/mol. The van der Waals surface area contributed by atoms with E-state index in [-0.39, 0.29) is 18.4 Å². The fourth-order valence-electron chi connectivity index (χ4n) is 3.71. The first-order valence-corrected chi connectivity index (χ1v) is 7.77. The van der Waals surface area contributed by atoms with E-state index in [1.165, 1.54) is 19.3 Å². The number of carbonyl (C=O) groups excluding carboxylic acids is 1. The number of hydrogen-bond donors (Lipinski definition) is 2. The maximum absolute atomic E-state index is 12.5. The summed E-state index contributed by atoms with van der Waals surface area (Å²) < 4.78 is 0. The number of carbonyl (C=O) groups is 1. The summed E-state index contributed by atoms with van der Waals surface area (Å²) in [7, 11) is 0. The molecule has 2 saturated carbocycles. The fraction of sp³-hybridized carbons (Fsp3) is 0.500. The molecule has 0 radical (unpaired) electrons. The zero-order valence-corrected chi connectivity index (χ0v) is 12.1. The van der Waals surface area contributed by atoms with Gasteiger partial charge in [0.2, 0.25) is 5.91 Å². The Morgan fingerprint density at radius 2 is 2.14 bits per heavy atom. The predicted octanol–water partition coefficient (Wildman–Crippen LogP) is 2.80. The molecule has 1 aromatic rings. The van der Waals surface area contributed by atoms with Crippen molar-refractivity contribution in [3.05, 3.63) is 29.8 Å². The monoisotopic (exact) mass is 283 g/mol. The summed E-state index contributed by atoms with van der Waals surface area (Å²) in [6, 6.07) is 7.62. The van der Waals surface area contributed by atoms with Crippen LogP contribution in [0.4, 0.5) is 5.69 Å². The molecule has 21 heavy (non-hydrogen) atoms. The maximum atomic E-state index is 12.5. The first-order valence-electron chi connectivity index (χ1n) is 7.77. The number of aliphatic hydroxyl groups excluding tert-OH is 1. The zero-order valence-electron chi connectivity index (χ0n) is 12.1. The van der Waals surface area contributed by atoms with Crippen LogP contribution in [0, 0.1) is 29.6 Å². The number of amides is 1. The van der Waals surface area contributed by atoms with Crippen molar-refractivity contribution in [3.8, 4) is 11.8 Å². The van der Waals surface area contributed by atoms with Crippen LogP contribution in [0.25, 0.3) is 0 Å². The quantitative estimate of drug-likeness (QED) is 0.838. The molecular formula is C18H21NO2. The van der Waals surface area contributed by atoms with Crippen molar-refractivity contribution in [2.45, 2.75) is 32.1 Å². The molecule has 110 valence electrons. The number of aliphatic hydroxyl groups is 1. The lowest BCUT2D eigenvalue weighted by molar-refractivity contribution is -0.121. The summed E-state index contributed by atoms with van der Waals surface area (Å²) in [5, 5.41) is 11.9. The Morgan fingerprint density at radius 1 is 1.29 bits per heavy atom. The van der Waals surface area contributed by atoms with Crippen LogP contribution in [0.1, 0.15) is 37.7 Å². The van der Waals surface area contributed by atoms with Gasteiger partial charge < -0.3 is 10.4 Å². The van der Waals surface area contributed by atoms with E-state index in [2.05, 4.69) is 17.2 Å². The lowest BCUT2D eigenvalue weighted by Gasteiger charge is -2.21. The summed E-state index contributed by atoms with van der Waals surface area (Å²) in [5.74, 6) is 7.62. The average molecular weight is 283 g/mol. The Hall–Kier alpha value is -1.79. The molecule has 0 heterocycles. The Morgan fingerprint density at radius 3 is 2.86 bits per heavy atom. The third-order valence-corrected chi connectivity index (χ3v) is 4.72. The molecule has 0 aliphatic heterocycles.